The van der Waals surface area contributed by atoms with Gasteiger partial charge in [0.05, 0.1) is 16.3 Å². The number of aromatic nitrogens is 2. The minimum Gasteiger partial charge on any atom is -0.306 e. The molecule has 0 spiro atoms. The molecule has 0 bridgehead atoms. The number of anilines is 1. The van der Waals surface area contributed by atoms with Crippen molar-refractivity contribution in [1.82, 2.24) is 9.78 Å². The summed E-state index contributed by atoms with van der Waals surface area (Å²) in [6.45, 7) is 1.67. The van der Waals surface area contributed by atoms with Gasteiger partial charge in [-0.3, -0.25) is 14.9 Å². The van der Waals surface area contributed by atoms with Crippen LogP contribution in [-0.4, -0.2) is 20.6 Å². The monoisotopic (exact) mass is 358 g/mol. The average molecular weight is 358 g/mol. The molecular formula is C17H12F2N4O3. The molecule has 26 heavy (non-hydrogen) atoms. The van der Waals surface area contributed by atoms with Gasteiger partial charge in [0.25, 0.3) is 11.6 Å². The van der Waals surface area contributed by atoms with Crippen LogP contribution in [0.1, 0.15) is 16.1 Å². The highest BCUT2D eigenvalue weighted by Crippen LogP contribution is 2.21. The van der Waals surface area contributed by atoms with E-state index in [4.69, 9.17) is 0 Å². The van der Waals surface area contributed by atoms with Crippen LogP contribution in [0.2, 0.25) is 0 Å². The number of nitrogens with one attached hydrogen (secondary N) is 1. The average Bonchev–Trinajstić information content (AvgIpc) is 2.95. The molecule has 3 rings (SSSR count). The van der Waals surface area contributed by atoms with E-state index in [2.05, 4.69) is 10.4 Å². The summed E-state index contributed by atoms with van der Waals surface area (Å²) in [5.41, 5.74) is 0.166. The normalized spacial score (nSPS) is 10.6. The van der Waals surface area contributed by atoms with Crippen LogP contribution in [-0.2, 0) is 0 Å². The summed E-state index contributed by atoms with van der Waals surface area (Å²) in [4.78, 5) is 22.5. The Morgan fingerprint density at radius 2 is 1.77 bits per heavy atom. The Kier molecular flexibility index (Phi) is 4.44. The van der Waals surface area contributed by atoms with E-state index >= 15 is 0 Å². The number of aryl methyl sites for hydroxylation is 1. The first-order chi connectivity index (χ1) is 12.4. The van der Waals surface area contributed by atoms with Crippen molar-refractivity contribution in [2.45, 2.75) is 6.92 Å². The van der Waals surface area contributed by atoms with Crippen molar-refractivity contribution in [3.8, 4) is 5.69 Å². The van der Waals surface area contributed by atoms with E-state index in [-0.39, 0.29) is 11.5 Å². The number of hydrogen-bond donors (Lipinski definition) is 1. The number of carbonyl (C=O) groups excluding carboxylic acids is 1. The van der Waals surface area contributed by atoms with Crippen LogP contribution in [0, 0.1) is 28.7 Å². The first kappa shape index (κ1) is 17.2. The van der Waals surface area contributed by atoms with E-state index in [1.165, 1.54) is 35.0 Å². The molecule has 1 amide bonds. The van der Waals surface area contributed by atoms with Crippen molar-refractivity contribution in [1.29, 1.82) is 0 Å². The fraction of sp³-hybridized carbons (Fsp3) is 0.0588. The molecule has 7 nitrogen and oxygen atoms in total. The predicted molar refractivity (Wildman–Crippen MR) is 89.3 cm³/mol. The van der Waals surface area contributed by atoms with Gasteiger partial charge in [0, 0.05) is 18.2 Å². The van der Waals surface area contributed by atoms with Gasteiger partial charge in [-0.25, -0.2) is 13.5 Å². The highest BCUT2D eigenvalue weighted by molar-refractivity contribution is 6.04. The number of halogens is 2. The zero-order valence-corrected chi connectivity index (χ0v) is 13.4. The lowest BCUT2D eigenvalue weighted by atomic mass is 10.2. The van der Waals surface area contributed by atoms with E-state index < -0.39 is 28.0 Å². The lowest BCUT2D eigenvalue weighted by Crippen LogP contribution is -2.18. The second-order valence-electron chi connectivity index (χ2n) is 5.41. The van der Waals surface area contributed by atoms with Gasteiger partial charge in [0.2, 0.25) is 0 Å². The number of rotatable bonds is 4. The SMILES string of the molecule is Cc1cc(NC(=O)c2c(F)cccc2F)n(-c2ccc([N+](=O)[O-])cc2)n1. The number of hydrogen-bond acceptors (Lipinski definition) is 4. The molecule has 0 saturated carbocycles. The summed E-state index contributed by atoms with van der Waals surface area (Å²) in [5.74, 6) is -2.77. The lowest BCUT2D eigenvalue weighted by molar-refractivity contribution is -0.384. The smallest absolute Gasteiger partial charge is 0.269 e. The van der Waals surface area contributed by atoms with Crippen molar-refractivity contribution >= 4 is 17.4 Å². The Hall–Kier alpha value is -3.62. The van der Waals surface area contributed by atoms with Gasteiger partial charge in [-0.15, -0.1) is 0 Å². The number of carbonyl (C=O) groups is 1. The molecule has 1 heterocycles. The summed E-state index contributed by atoms with van der Waals surface area (Å²) >= 11 is 0. The maximum Gasteiger partial charge on any atom is 0.269 e. The third-order valence-corrected chi connectivity index (χ3v) is 3.57. The summed E-state index contributed by atoms with van der Waals surface area (Å²) in [5, 5.41) is 17.3. The van der Waals surface area contributed by atoms with Crippen LogP contribution < -0.4 is 5.32 Å². The maximum atomic E-state index is 13.8. The fourth-order valence-electron chi connectivity index (χ4n) is 2.39. The van der Waals surface area contributed by atoms with Gasteiger partial charge in [-0.1, -0.05) is 6.07 Å². The summed E-state index contributed by atoms with van der Waals surface area (Å²) in [6, 6.07) is 10.1. The Bertz CT molecular complexity index is 979. The summed E-state index contributed by atoms with van der Waals surface area (Å²) in [6.07, 6.45) is 0. The summed E-state index contributed by atoms with van der Waals surface area (Å²) in [7, 11) is 0. The number of amides is 1. The van der Waals surface area contributed by atoms with Gasteiger partial charge < -0.3 is 5.32 Å². The highest BCUT2D eigenvalue weighted by atomic mass is 19.1. The Morgan fingerprint density at radius 1 is 1.15 bits per heavy atom. The zero-order chi connectivity index (χ0) is 18.8. The van der Waals surface area contributed by atoms with Gasteiger partial charge >= 0.3 is 0 Å². The van der Waals surface area contributed by atoms with Gasteiger partial charge in [0.15, 0.2) is 0 Å². The lowest BCUT2D eigenvalue weighted by Gasteiger charge is -2.10. The van der Waals surface area contributed by atoms with Crippen molar-refractivity contribution in [3.63, 3.8) is 0 Å². The molecule has 0 atom stereocenters. The van der Waals surface area contributed by atoms with Crippen molar-refractivity contribution in [2.24, 2.45) is 0 Å². The van der Waals surface area contributed by atoms with Crippen molar-refractivity contribution in [2.75, 3.05) is 5.32 Å². The van der Waals surface area contributed by atoms with E-state index in [0.29, 0.717) is 11.4 Å². The molecule has 9 heteroatoms. The molecule has 0 aliphatic heterocycles. The quantitative estimate of drug-likeness (QED) is 0.570. The molecule has 2 aromatic carbocycles. The summed E-state index contributed by atoms with van der Waals surface area (Å²) < 4.78 is 28.8. The molecule has 3 aromatic rings. The van der Waals surface area contributed by atoms with E-state index in [1.54, 1.807) is 6.92 Å². The Balaban J connectivity index is 1.95. The molecule has 0 aliphatic rings. The van der Waals surface area contributed by atoms with Crippen molar-refractivity contribution < 1.29 is 18.5 Å². The topological polar surface area (TPSA) is 90.1 Å². The molecule has 0 saturated heterocycles. The number of nitro benzene ring substituents is 1. The number of nitro groups is 1. The molecule has 0 fully saturated rings. The second kappa shape index (κ2) is 6.71. The number of benzene rings is 2. The first-order valence-electron chi connectivity index (χ1n) is 7.43. The van der Waals surface area contributed by atoms with Crippen LogP contribution in [0.15, 0.2) is 48.5 Å². The molecule has 0 radical (unpaired) electrons. The molecule has 0 aliphatic carbocycles. The van der Waals surface area contributed by atoms with Crippen LogP contribution in [0.3, 0.4) is 0 Å². The standard InChI is InChI=1S/C17H12F2N4O3/c1-10-9-15(20-17(24)16-13(18)3-2-4-14(16)19)22(21-10)11-5-7-12(8-6-11)23(25)26/h2-9H,1H3,(H,20,24). The molecular weight excluding hydrogens is 346 g/mol. The molecule has 132 valence electrons. The van der Waals surface area contributed by atoms with Gasteiger partial charge in [-0.05, 0) is 31.2 Å². The Morgan fingerprint density at radius 3 is 2.35 bits per heavy atom. The molecule has 1 aromatic heterocycles. The van der Waals surface area contributed by atoms with Crippen molar-refractivity contribution in [3.05, 3.63) is 81.5 Å². The fourth-order valence-corrected chi connectivity index (χ4v) is 2.39. The minimum absolute atomic E-state index is 0.100. The van der Waals surface area contributed by atoms with Gasteiger partial charge in [-0.2, -0.15) is 5.10 Å². The maximum absolute atomic E-state index is 13.8. The first-order valence-corrected chi connectivity index (χ1v) is 7.43. The third-order valence-electron chi connectivity index (χ3n) is 3.57. The van der Waals surface area contributed by atoms with E-state index in [1.807, 2.05) is 0 Å². The second-order valence-corrected chi connectivity index (χ2v) is 5.41. The van der Waals surface area contributed by atoms with Crippen LogP contribution >= 0.6 is 0 Å². The number of non-ortho nitro benzene ring substituents is 1. The highest BCUT2D eigenvalue weighted by Gasteiger charge is 2.19. The van der Waals surface area contributed by atoms with Gasteiger partial charge in [0.1, 0.15) is 23.0 Å². The predicted octanol–water partition coefficient (Wildman–Crippen LogP) is 3.62. The number of nitrogens with zero attached hydrogens (tertiary/aromatic N) is 3. The van der Waals surface area contributed by atoms with E-state index in [0.717, 1.165) is 18.2 Å². The molecule has 0 unspecified atom stereocenters. The van der Waals surface area contributed by atoms with Crippen LogP contribution in [0.5, 0.6) is 0 Å². The van der Waals surface area contributed by atoms with Crippen LogP contribution in [0.25, 0.3) is 5.69 Å². The third kappa shape index (κ3) is 3.27. The molecule has 1 N–H and O–H groups in total. The zero-order valence-electron chi connectivity index (χ0n) is 13.4. The van der Waals surface area contributed by atoms with E-state index in [9.17, 15) is 23.7 Å². The largest absolute Gasteiger partial charge is 0.306 e. The Labute approximate surface area is 146 Å². The van der Waals surface area contributed by atoms with Crippen LogP contribution in [0.4, 0.5) is 20.3 Å². The minimum atomic E-state index is -0.986.